The predicted octanol–water partition coefficient (Wildman–Crippen LogP) is 0.992. The molecule has 21 heavy (non-hydrogen) atoms. The fourth-order valence-electron chi connectivity index (χ4n) is 2.13. The molecule has 3 rings (SSSR count). The molecule has 1 aliphatic rings. The van der Waals surface area contributed by atoms with Crippen LogP contribution in [-0.2, 0) is 17.9 Å². The van der Waals surface area contributed by atoms with Crippen LogP contribution in [0.25, 0.3) is 0 Å². The van der Waals surface area contributed by atoms with E-state index in [1.54, 1.807) is 6.33 Å². The Morgan fingerprint density at radius 3 is 2.90 bits per heavy atom. The lowest BCUT2D eigenvalue weighted by Gasteiger charge is -2.09. The molecule has 1 saturated carbocycles. The van der Waals surface area contributed by atoms with Crippen molar-refractivity contribution in [3.8, 4) is 0 Å². The third kappa shape index (κ3) is 3.07. The molecular formula is C12H16N6O2S. The Morgan fingerprint density at radius 2 is 2.24 bits per heavy atom. The van der Waals surface area contributed by atoms with Crippen molar-refractivity contribution in [2.45, 2.75) is 43.9 Å². The Kier molecular flexibility index (Phi) is 3.91. The number of rotatable bonds is 7. The van der Waals surface area contributed by atoms with Gasteiger partial charge in [-0.1, -0.05) is 11.8 Å². The van der Waals surface area contributed by atoms with E-state index < -0.39 is 5.97 Å². The molecule has 0 bridgehead atoms. The van der Waals surface area contributed by atoms with Crippen molar-refractivity contribution in [3.63, 3.8) is 0 Å². The van der Waals surface area contributed by atoms with Gasteiger partial charge in [0.15, 0.2) is 11.0 Å². The van der Waals surface area contributed by atoms with Crippen LogP contribution in [0.5, 0.6) is 0 Å². The van der Waals surface area contributed by atoms with E-state index in [1.165, 1.54) is 11.8 Å². The monoisotopic (exact) mass is 308 g/mol. The first-order valence-corrected chi connectivity index (χ1v) is 7.82. The minimum Gasteiger partial charge on any atom is -0.481 e. The van der Waals surface area contributed by atoms with Gasteiger partial charge in [0.1, 0.15) is 12.2 Å². The molecule has 0 aliphatic heterocycles. The maximum Gasteiger partial charge on any atom is 0.313 e. The molecule has 112 valence electrons. The maximum absolute atomic E-state index is 10.7. The number of aliphatic carboxylic acids is 1. The smallest absolute Gasteiger partial charge is 0.313 e. The molecule has 2 aromatic rings. The third-order valence-corrected chi connectivity index (χ3v) is 4.30. The number of carboxylic acid groups (broad SMARTS) is 1. The summed E-state index contributed by atoms with van der Waals surface area (Å²) in [7, 11) is 0. The van der Waals surface area contributed by atoms with E-state index in [9.17, 15) is 4.79 Å². The summed E-state index contributed by atoms with van der Waals surface area (Å²) in [5, 5.41) is 25.9. The van der Waals surface area contributed by atoms with Crippen molar-refractivity contribution in [1.82, 2.24) is 29.5 Å². The van der Waals surface area contributed by atoms with E-state index in [1.807, 2.05) is 16.1 Å². The molecule has 1 aliphatic carbocycles. The van der Waals surface area contributed by atoms with E-state index in [4.69, 9.17) is 5.11 Å². The van der Waals surface area contributed by atoms with Crippen LogP contribution in [0.3, 0.4) is 0 Å². The number of nitrogens with zero attached hydrogens (tertiary/aromatic N) is 6. The SMILES string of the molecule is CCn1cnnc1Cn1c(SCC(=O)O)nnc1C1CC1. The minimum atomic E-state index is -0.862. The summed E-state index contributed by atoms with van der Waals surface area (Å²) < 4.78 is 3.93. The molecule has 2 aromatic heterocycles. The highest BCUT2D eigenvalue weighted by molar-refractivity contribution is 7.99. The van der Waals surface area contributed by atoms with Crippen LogP contribution in [0.15, 0.2) is 11.5 Å². The van der Waals surface area contributed by atoms with Crippen molar-refractivity contribution in [3.05, 3.63) is 18.0 Å². The van der Waals surface area contributed by atoms with Gasteiger partial charge in [0.05, 0.1) is 12.3 Å². The first-order chi connectivity index (χ1) is 10.2. The second-order valence-electron chi connectivity index (χ2n) is 4.92. The zero-order valence-electron chi connectivity index (χ0n) is 11.6. The summed E-state index contributed by atoms with van der Waals surface area (Å²) in [4.78, 5) is 10.7. The first kappa shape index (κ1) is 14.1. The van der Waals surface area contributed by atoms with Gasteiger partial charge in [0.25, 0.3) is 0 Å². The number of thioether (sulfide) groups is 1. The number of aromatic nitrogens is 6. The zero-order valence-corrected chi connectivity index (χ0v) is 12.5. The van der Waals surface area contributed by atoms with Crippen molar-refractivity contribution >= 4 is 17.7 Å². The average Bonchev–Trinajstić information content (AvgIpc) is 3.08. The number of aryl methyl sites for hydroxylation is 1. The van der Waals surface area contributed by atoms with Gasteiger partial charge >= 0.3 is 5.97 Å². The minimum absolute atomic E-state index is 0.0245. The van der Waals surface area contributed by atoms with Crippen LogP contribution in [0.1, 0.15) is 37.3 Å². The van der Waals surface area contributed by atoms with Crippen molar-refractivity contribution in [1.29, 1.82) is 0 Å². The quantitative estimate of drug-likeness (QED) is 0.761. The average molecular weight is 308 g/mol. The van der Waals surface area contributed by atoms with Gasteiger partial charge < -0.3 is 9.67 Å². The molecule has 0 unspecified atom stereocenters. The first-order valence-electron chi connectivity index (χ1n) is 6.83. The second-order valence-corrected chi connectivity index (χ2v) is 5.86. The van der Waals surface area contributed by atoms with E-state index in [2.05, 4.69) is 20.4 Å². The summed E-state index contributed by atoms with van der Waals surface area (Å²) in [5.74, 6) is 1.31. The van der Waals surface area contributed by atoms with E-state index >= 15 is 0 Å². The molecule has 0 spiro atoms. The lowest BCUT2D eigenvalue weighted by atomic mass is 10.4. The fourth-order valence-corrected chi connectivity index (χ4v) is 2.80. The van der Waals surface area contributed by atoms with Gasteiger partial charge in [0.2, 0.25) is 0 Å². The highest BCUT2D eigenvalue weighted by Gasteiger charge is 2.31. The van der Waals surface area contributed by atoms with Gasteiger partial charge in [-0.15, -0.1) is 20.4 Å². The van der Waals surface area contributed by atoms with Crippen LogP contribution in [0, 0.1) is 0 Å². The Balaban J connectivity index is 1.87. The van der Waals surface area contributed by atoms with Crippen LogP contribution in [0.4, 0.5) is 0 Å². The standard InChI is InChI=1S/C12H16N6O2S/c1-2-17-7-13-14-9(17)5-18-11(8-3-4-8)15-16-12(18)21-6-10(19)20/h7-8H,2-6H2,1H3,(H,19,20). The molecule has 0 aromatic carbocycles. The van der Waals surface area contributed by atoms with Gasteiger partial charge in [0, 0.05) is 12.5 Å². The van der Waals surface area contributed by atoms with Crippen LogP contribution >= 0.6 is 11.8 Å². The summed E-state index contributed by atoms with van der Waals surface area (Å²) in [5.41, 5.74) is 0. The fraction of sp³-hybridized carbons (Fsp3) is 0.583. The predicted molar refractivity (Wildman–Crippen MR) is 75.2 cm³/mol. The topological polar surface area (TPSA) is 98.7 Å². The lowest BCUT2D eigenvalue weighted by Crippen LogP contribution is -2.12. The van der Waals surface area contributed by atoms with Crippen LogP contribution < -0.4 is 0 Å². The molecule has 0 amide bonds. The molecule has 0 radical (unpaired) electrons. The Morgan fingerprint density at radius 1 is 1.43 bits per heavy atom. The Labute approximate surface area is 125 Å². The molecule has 0 atom stereocenters. The van der Waals surface area contributed by atoms with Crippen LogP contribution in [-0.4, -0.2) is 46.4 Å². The molecule has 8 nitrogen and oxygen atoms in total. The number of hydrogen-bond acceptors (Lipinski definition) is 6. The third-order valence-electron chi connectivity index (χ3n) is 3.35. The van der Waals surface area contributed by atoms with Gasteiger partial charge in [-0.3, -0.25) is 9.36 Å². The van der Waals surface area contributed by atoms with Gasteiger partial charge in [-0.25, -0.2) is 0 Å². The molecule has 9 heteroatoms. The highest BCUT2D eigenvalue weighted by atomic mass is 32.2. The van der Waals surface area contributed by atoms with E-state index in [0.29, 0.717) is 17.6 Å². The zero-order chi connectivity index (χ0) is 14.8. The second kappa shape index (κ2) is 5.84. The molecule has 2 heterocycles. The van der Waals surface area contributed by atoms with Crippen molar-refractivity contribution < 1.29 is 9.90 Å². The summed E-state index contributed by atoms with van der Waals surface area (Å²) >= 11 is 1.19. The molecule has 0 saturated heterocycles. The van der Waals surface area contributed by atoms with E-state index in [0.717, 1.165) is 31.0 Å². The lowest BCUT2D eigenvalue weighted by molar-refractivity contribution is -0.133. The number of carboxylic acids is 1. The van der Waals surface area contributed by atoms with E-state index in [-0.39, 0.29) is 5.75 Å². The largest absolute Gasteiger partial charge is 0.481 e. The molecule has 1 fully saturated rings. The summed E-state index contributed by atoms with van der Waals surface area (Å²) in [6.45, 7) is 3.34. The maximum atomic E-state index is 10.7. The van der Waals surface area contributed by atoms with Crippen molar-refractivity contribution in [2.24, 2.45) is 0 Å². The van der Waals surface area contributed by atoms with Gasteiger partial charge in [-0.05, 0) is 19.8 Å². The van der Waals surface area contributed by atoms with Crippen LogP contribution in [0.2, 0.25) is 0 Å². The number of carbonyl (C=O) groups is 1. The normalized spacial score (nSPS) is 14.5. The Bertz CT molecular complexity index is 648. The Hall–Kier alpha value is -1.90. The van der Waals surface area contributed by atoms with Gasteiger partial charge in [-0.2, -0.15) is 0 Å². The summed E-state index contributed by atoms with van der Waals surface area (Å²) in [6, 6.07) is 0. The highest BCUT2D eigenvalue weighted by Crippen LogP contribution is 2.40. The number of hydrogen-bond donors (Lipinski definition) is 1. The summed E-state index contributed by atoms with van der Waals surface area (Å²) in [6.07, 6.45) is 3.92. The molecular weight excluding hydrogens is 292 g/mol. The molecule has 1 N–H and O–H groups in total. The van der Waals surface area contributed by atoms with Crippen molar-refractivity contribution in [2.75, 3.05) is 5.75 Å².